The van der Waals surface area contributed by atoms with Crippen molar-refractivity contribution in [2.24, 2.45) is 5.41 Å². The first kappa shape index (κ1) is 19.3. The number of aliphatic hydroxyl groups excluding tert-OH is 1. The van der Waals surface area contributed by atoms with Crippen molar-refractivity contribution >= 4 is 17.5 Å². The van der Waals surface area contributed by atoms with Gasteiger partial charge in [0.1, 0.15) is 17.3 Å². The predicted molar refractivity (Wildman–Crippen MR) is 86.7 cm³/mol. The summed E-state index contributed by atoms with van der Waals surface area (Å²) in [5.41, 5.74) is -1.33. The van der Waals surface area contributed by atoms with Gasteiger partial charge in [-0.1, -0.05) is 12.8 Å². The van der Waals surface area contributed by atoms with Crippen molar-refractivity contribution in [3.63, 3.8) is 0 Å². The van der Waals surface area contributed by atoms with Gasteiger partial charge < -0.3 is 19.0 Å². The van der Waals surface area contributed by atoms with Crippen molar-refractivity contribution in [3.05, 3.63) is 24.2 Å². The third-order valence-corrected chi connectivity index (χ3v) is 4.35. The van der Waals surface area contributed by atoms with Gasteiger partial charge in [0.25, 0.3) is 0 Å². The lowest BCUT2D eigenvalue weighted by atomic mass is 9.90. The Bertz CT molecular complexity index is 577. The molecule has 1 saturated carbocycles. The Morgan fingerprint density at radius 2 is 2.00 bits per heavy atom. The lowest BCUT2D eigenvalue weighted by Crippen LogP contribution is -2.18. The van der Waals surface area contributed by atoms with E-state index in [1.54, 1.807) is 19.1 Å². The molecule has 1 atom stereocenters. The van der Waals surface area contributed by atoms with Crippen LogP contribution in [0.15, 0.2) is 22.8 Å². The minimum absolute atomic E-state index is 0.231. The maximum atomic E-state index is 11.8. The predicted octanol–water partition coefficient (Wildman–Crippen LogP) is 1.98. The smallest absolute Gasteiger partial charge is 0.308 e. The highest BCUT2D eigenvalue weighted by Crippen LogP contribution is 2.51. The van der Waals surface area contributed by atoms with E-state index in [-0.39, 0.29) is 18.2 Å². The highest BCUT2D eigenvalue weighted by atomic mass is 16.5. The van der Waals surface area contributed by atoms with Gasteiger partial charge in [0.05, 0.1) is 25.9 Å². The SMILES string of the molecule is CCOC(=O)CCOCCCCCC1(C(O)c2ccco2)C(=O)C1=O. The minimum atomic E-state index is -1.33. The molecule has 25 heavy (non-hydrogen) atoms. The van der Waals surface area contributed by atoms with E-state index >= 15 is 0 Å². The van der Waals surface area contributed by atoms with Gasteiger partial charge in [-0.2, -0.15) is 0 Å². The van der Waals surface area contributed by atoms with Gasteiger partial charge in [0.15, 0.2) is 0 Å². The third-order valence-electron chi connectivity index (χ3n) is 4.35. The molecule has 7 nitrogen and oxygen atoms in total. The van der Waals surface area contributed by atoms with Gasteiger partial charge in [0.2, 0.25) is 11.6 Å². The number of carbonyl (C=O) groups is 3. The van der Waals surface area contributed by atoms with E-state index in [0.717, 1.165) is 12.8 Å². The van der Waals surface area contributed by atoms with E-state index in [1.807, 2.05) is 0 Å². The fourth-order valence-electron chi connectivity index (χ4n) is 2.86. The molecule has 1 aliphatic carbocycles. The molecule has 1 aliphatic rings. The minimum Gasteiger partial charge on any atom is -0.467 e. The van der Waals surface area contributed by atoms with Crippen LogP contribution in [0.5, 0.6) is 0 Å². The molecule has 7 heteroatoms. The van der Waals surface area contributed by atoms with Crippen LogP contribution in [0.25, 0.3) is 0 Å². The fraction of sp³-hybridized carbons (Fsp3) is 0.611. The van der Waals surface area contributed by atoms with Crippen LogP contribution >= 0.6 is 0 Å². The summed E-state index contributed by atoms with van der Waals surface area (Å²) in [6.45, 7) is 2.93. The Labute approximate surface area is 146 Å². The number of furan rings is 1. The van der Waals surface area contributed by atoms with Crippen molar-refractivity contribution in [2.75, 3.05) is 19.8 Å². The molecule has 0 bridgehead atoms. The molecule has 0 saturated heterocycles. The molecule has 1 aromatic heterocycles. The first-order valence-electron chi connectivity index (χ1n) is 8.58. The van der Waals surface area contributed by atoms with Crippen LogP contribution in [0.3, 0.4) is 0 Å². The molecule has 0 aromatic carbocycles. The first-order chi connectivity index (χ1) is 12.0. The third kappa shape index (κ3) is 4.55. The maximum Gasteiger partial charge on any atom is 0.308 e. The molecule has 1 fully saturated rings. The Kier molecular flexibility index (Phi) is 6.90. The topological polar surface area (TPSA) is 103 Å². The van der Waals surface area contributed by atoms with Crippen molar-refractivity contribution in [3.8, 4) is 0 Å². The van der Waals surface area contributed by atoms with Crippen molar-refractivity contribution in [1.82, 2.24) is 0 Å². The summed E-state index contributed by atoms with van der Waals surface area (Å²) in [6.07, 6.45) is 2.84. The molecule has 1 aromatic rings. The number of aliphatic hydroxyl groups is 1. The molecule has 138 valence electrons. The number of ketones is 2. The average molecular weight is 352 g/mol. The zero-order valence-electron chi connectivity index (χ0n) is 14.4. The highest BCUT2D eigenvalue weighted by molar-refractivity contribution is 6.63. The first-order valence-corrected chi connectivity index (χ1v) is 8.58. The summed E-state index contributed by atoms with van der Waals surface area (Å²) in [4.78, 5) is 34.7. The van der Waals surface area contributed by atoms with Crippen LogP contribution in [0.2, 0.25) is 0 Å². The van der Waals surface area contributed by atoms with Crippen LogP contribution in [0.1, 0.15) is 50.9 Å². The number of ether oxygens (including phenoxy) is 2. The van der Waals surface area contributed by atoms with E-state index in [4.69, 9.17) is 13.9 Å². The number of hydrogen-bond acceptors (Lipinski definition) is 7. The molecule has 0 aliphatic heterocycles. The number of rotatable bonds is 12. The number of Topliss-reactive ketones (excluding diaryl/α,β-unsaturated/α-hetero) is 2. The van der Waals surface area contributed by atoms with Gasteiger partial charge >= 0.3 is 5.97 Å². The van der Waals surface area contributed by atoms with E-state index in [1.165, 1.54) is 6.26 Å². The molecular formula is C18H24O7. The normalized spacial score (nSPS) is 16.7. The van der Waals surface area contributed by atoms with Gasteiger partial charge in [0, 0.05) is 6.61 Å². The molecule has 1 heterocycles. The number of unbranched alkanes of at least 4 members (excludes halogenated alkanes) is 2. The Hall–Kier alpha value is -1.99. The molecular weight excluding hydrogens is 328 g/mol. The van der Waals surface area contributed by atoms with Crippen molar-refractivity contribution in [2.45, 2.75) is 45.1 Å². The molecule has 0 spiro atoms. The largest absolute Gasteiger partial charge is 0.467 e. The summed E-state index contributed by atoms with van der Waals surface area (Å²) < 4.78 is 15.3. The second-order valence-electron chi connectivity index (χ2n) is 6.03. The van der Waals surface area contributed by atoms with Gasteiger partial charge in [-0.3, -0.25) is 14.4 Å². The van der Waals surface area contributed by atoms with Gasteiger partial charge in [-0.15, -0.1) is 0 Å². The molecule has 2 rings (SSSR count). The van der Waals surface area contributed by atoms with E-state index < -0.39 is 23.1 Å². The van der Waals surface area contributed by atoms with Crippen LogP contribution < -0.4 is 0 Å². The lowest BCUT2D eigenvalue weighted by Gasteiger charge is -2.16. The molecule has 0 amide bonds. The second kappa shape index (κ2) is 8.92. The average Bonchev–Trinajstić information content (AvgIpc) is 3.00. The fourth-order valence-corrected chi connectivity index (χ4v) is 2.86. The van der Waals surface area contributed by atoms with Crippen molar-refractivity contribution in [1.29, 1.82) is 0 Å². The lowest BCUT2D eigenvalue weighted by molar-refractivity contribution is -0.144. The Balaban J connectivity index is 1.64. The zero-order chi connectivity index (χ0) is 18.3. The number of hydrogen-bond donors (Lipinski definition) is 1. The van der Waals surface area contributed by atoms with E-state index in [0.29, 0.717) is 32.7 Å². The number of carbonyl (C=O) groups excluding carboxylic acids is 3. The van der Waals surface area contributed by atoms with E-state index in [2.05, 4.69) is 0 Å². The summed E-state index contributed by atoms with van der Waals surface area (Å²) >= 11 is 0. The summed E-state index contributed by atoms with van der Waals surface area (Å²) in [5.74, 6) is -1.09. The van der Waals surface area contributed by atoms with Crippen LogP contribution in [-0.4, -0.2) is 42.5 Å². The van der Waals surface area contributed by atoms with Crippen LogP contribution in [0.4, 0.5) is 0 Å². The quantitative estimate of drug-likeness (QED) is 0.265. The van der Waals surface area contributed by atoms with E-state index in [9.17, 15) is 19.5 Å². The summed E-state index contributed by atoms with van der Waals surface area (Å²) in [7, 11) is 0. The monoisotopic (exact) mass is 352 g/mol. The Morgan fingerprint density at radius 3 is 2.60 bits per heavy atom. The zero-order valence-corrected chi connectivity index (χ0v) is 14.4. The summed E-state index contributed by atoms with van der Waals surface area (Å²) in [6, 6.07) is 3.17. The Morgan fingerprint density at radius 1 is 1.24 bits per heavy atom. The van der Waals surface area contributed by atoms with Gasteiger partial charge in [-0.05, 0) is 31.9 Å². The van der Waals surface area contributed by atoms with Gasteiger partial charge in [-0.25, -0.2) is 0 Å². The molecule has 1 unspecified atom stereocenters. The highest BCUT2D eigenvalue weighted by Gasteiger charge is 2.69. The van der Waals surface area contributed by atoms with Crippen LogP contribution in [0, 0.1) is 5.41 Å². The van der Waals surface area contributed by atoms with Crippen molar-refractivity contribution < 1.29 is 33.4 Å². The second-order valence-corrected chi connectivity index (χ2v) is 6.03. The molecule has 0 radical (unpaired) electrons. The maximum absolute atomic E-state index is 11.8. The molecule has 1 N–H and O–H groups in total. The summed E-state index contributed by atoms with van der Waals surface area (Å²) in [5, 5.41) is 10.3. The number of esters is 1. The van der Waals surface area contributed by atoms with Crippen LogP contribution in [-0.2, 0) is 23.9 Å². The standard InChI is InChI=1S/C18H24O7/c1-2-24-14(19)8-12-23-10-5-3-4-9-18(16(21)17(18)22)15(20)13-7-6-11-25-13/h6-7,11,15,20H,2-5,8-10,12H2,1H3.